The van der Waals surface area contributed by atoms with Gasteiger partial charge in [-0.3, -0.25) is 0 Å². The first-order chi connectivity index (χ1) is 11.0. The number of hydrogen-bond acceptors (Lipinski definition) is 0. The third kappa shape index (κ3) is 3.96. The second kappa shape index (κ2) is 7.44. The highest BCUT2D eigenvalue weighted by molar-refractivity contribution is 4.91. The van der Waals surface area contributed by atoms with Crippen LogP contribution in [0.15, 0.2) is 0 Å². The van der Waals surface area contributed by atoms with Crippen molar-refractivity contribution in [2.75, 3.05) is 0 Å². The van der Waals surface area contributed by atoms with Crippen LogP contribution in [0.4, 0.5) is 4.39 Å². The molecule has 5 unspecified atom stereocenters. The summed E-state index contributed by atoms with van der Waals surface area (Å²) in [7, 11) is 0. The van der Waals surface area contributed by atoms with E-state index in [0.29, 0.717) is 17.8 Å². The predicted octanol–water partition coefficient (Wildman–Crippen LogP) is 6.89. The van der Waals surface area contributed by atoms with Crippen LogP contribution >= 0.6 is 0 Å². The summed E-state index contributed by atoms with van der Waals surface area (Å²) in [5, 5.41) is 0. The van der Waals surface area contributed by atoms with Gasteiger partial charge >= 0.3 is 0 Å². The molecule has 0 spiro atoms. The highest BCUT2D eigenvalue weighted by atomic mass is 19.1. The number of halogens is 1. The van der Waals surface area contributed by atoms with Crippen LogP contribution in [0.5, 0.6) is 0 Å². The lowest BCUT2D eigenvalue weighted by atomic mass is 9.61. The molecule has 0 radical (unpaired) electrons. The van der Waals surface area contributed by atoms with Crippen molar-refractivity contribution in [2.45, 2.75) is 91.7 Å². The smallest absolute Gasteiger partial charge is 0.103 e. The van der Waals surface area contributed by atoms with Gasteiger partial charge in [0.05, 0.1) is 0 Å². The number of rotatable bonds is 2. The second-order valence-corrected chi connectivity index (χ2v) is 9.82. The van der Waals surface area contributed by atoms with Crippen LogP contribution in [-0.2, 0) is 0 Å². The predicted molar refractivity (Wildman–Crippen MR) is 97.1 cm³/mol. The van der Waals surface area contributed by atoms with Crippen LogP contribution < -0.4 is 0 Å². The van der Waals surface area contributed by atoms with Gasteiger partial charge in [0.2, 0.25) is 0 Å². The summed E-state index contributed by atoms with van der Waals surface area (Å²) in [6, 6.07) is 0. The lowest BCUT2D eigenvalue weighted by Gasteiger charge is -2.45. The standard InChI is InChI=1S/C22H39F/c1-14-5-7-18(8-6-14)19-9-10-21(22(23)13-19)20-11-15(2)17(4)16(3)12-20/h14-22H,5-13H2,1-4H3. The Kier molecular flexibility index (Phi) is 5.74. The van der Waals surface area contributed by atoms with Crippen LogP contribution in [0, 0.1) is 47.3 Å². The molecule has 3 fully saturated rings. The van der Waals surface area contributed by atoms with E-state index in [9.17, 15) is 0 Å². The molecule has 3 aliphatic carbocycles. The molecule has 3 rings (SSSR count). The molecule has 3 saturated carbocycles. The molecule has 5 atom stereocenters. The normalized spacial score (nSPS) is 52.3. The molecule has 0 saturated heterocycles. The van der Waals surface area contributed by atoms with Crippen LogP contribution in [0.3, 0.4) is 0 Å². The van der Waals surface area contributed by atoms with E-state index in [0.717, 1.165) is 36.0 Å². The SMILES string of the molecule is CC1CCC(C2CCC(C3CC(C)C(C)C(C)C3)C(F)C2)CC1. The maximum absolute atomic E-state index is 15.1. The van der Waals surface area contributed by atoms with Crippen molar-refractivity contribution in [3.8, 4) is 0 Å². The zero-order valence-corrected chi connectivity index (χ0v) is 15.9. The molecule has 0 aliphatic heterocycles. The fraction of sp³-hybridized carbons (Fsp3) is 1.00. The molecule has 0 amide bonds. The Hall–Kier alpha value is -0.0700. The van der Waals surface area contributed by atoms with Gasteiger partial charge in [-0.2, -0.15) is 0 Å². The molecule has 1 heteroatoms. The van der Waals surface area contributed by atoms with E-state index in [1.807, 2.05) is 0 Å². The first kappa shape index (κ1) is 17.7. The average molecular weight is 323 g/mol. The van der Waals surface area contributed by atoms with Crippen molar-refractivity contribution < 1.29 is 4.39 Å². The van der Waals surface area contributed by atoms with Crippen molar-refractivity contribution >= 4 is 0 Å². The van der Waals surface area contributed by atoms with E-state index in [1.54, 1.807) is 0 Å². The van der Waals surface area contributed by atoms with Gasteiger partial charge in [0.15, 0.2) is 0 Å². The summed E-state index contributed by atoms with van der Waals surface area (Å²) in [6.45, 7) is 9.59. The van der Waals surface area contributed by atoms with Gasteiger partial charge in [-0.15, -0.1) is 0 Å². The molecule has 0 aromatic rings. The minimum absolute atomic E-state index is 0.381. The Labute approximate surface area is 144 Å². The monoisotopic (exact) mass is 322 g/mol. The maximum atomic E-state index is 15.1. The van der Waals surface area contributed by atoms with Gasteiger partial charge in [0.25, 0.3) is 0 Å². The van der Waals surface area contributed by atoms with Gasteiger partial charge in [0, 0.05) is 0 Å². The Morgan fingerprint density at radius 2 is 1.17 bits per heavy atom. The van der Waals surface area contributed by atoms with Gasteiger partial charge in [-0.1, -0.05) is 40.5 Å². The van der Waals surface area contributed by atoms with Crippen LogP contribution in [0.2, 0.25) is 0 Å². The molecule has 0 aromatic heterocycles. The summed E-state index contributed by atoms with van der Waals surface area (Å²) < 4.78 is 15.1. The average Bonchev–Trinajstić information content (AvgIpc) is 2.53. The summed E-state index contributed by atoms with van der Waals surface area (Å²) in [6.07, 6.45) is 11.0. The highest BCUT2D eigenvalue weighted by Gasteiger charge is 2.42. The van der Waals surface area contributed by atoms with E-state index in [-0.39, 0.29) is 0 Å². The van der Waals surface area contributed by atoms with Crippen LogP contribution in [0.1, 0.15) is 85.5 Å². The molecule has 0 bridgehead atoms. The van der Waals surface area contributed by atoms with Crippen LogP contribution in [0.25, 0.3) is 0 Å². The molecule has 23 heavy (non-hydrogen) atoms. The number of hydrogen-bond donors (Lipinski definition) is 0. The summed E-state index contributed by atoms with van der Waals surface area (Å²) in [5.41, 5.74) is 0. The fourth-order valence-electron chi connectivity index (χ4n) is 6.28. The first-order valence-corrected chi connectivity index (χ1v) is 10.6. The van der Waals surface area contributed by atoms with Crippen molar-refractivity contribution in [3.63, 3.8) is 0 Å². The zero-order valence-electron chi connectivity index (χ0n) is 15.9. The lowest BCUT2D eigenvalue weighted by Crippen LogP contribution is -2.39. The molecular weight excluding hydrogens is 283 g/mol. The van der Waals surface area contributed by atoms with Gasteiger partial charge in [-0.05, 0) is 92.3 Å². The first-order valence-electron chi connectivity index (χ1n) is 10.6. The molecule has 0 heterocycles. The molecule has 134 valence electrons. The van der Waals surface area contributed by atoms with E-state index in [4.69, 9.17) is 0 Å². The second-order valence-electron chi connectivity index (χ2n) is 9.82. The minimum Gasteiger partial charge on any atom is -0.247 e. The fourth-order valence-corrected chi connectivity index (χ4v) is 6.28. The van der Waals surface area contributed by atoms with Gasteiger partial charge in [0.1, 0.15) is 6.17 Å². The Morgan fingerprint density at radius 3 is 1.74 bits per heavy atom. The van der Waals surface area contributed by atoms with Gasteiger partial charge < -0.3 is 0 Å². The van der Waals surface area contributed by atoms with Crippen molar-refractivity contribution in [2.24, 2.45) is 47.3 Å². The quantitative estimate of drug-likeness (QED) is 0.519. The third-order valence-electron chi connectivity index (χ3n) is 8.34. The van der Waals surface area contributed by atoms with Crippen LogP contribution in [-0.4, -0.2) is 6.17 Å². The van der Waals surface area contributed by atoms with E-state index in [1.165, 1.54) is 51.4 Å². The van der Waals surface area contributed by atoms with Crippen molar-refractivity contribution in [3.05, 3.63) is 0 Å². The molecule has 0 aromatic carbocycles. The maximum Gasteiger partial charge on any atom is 0.103 e. The van der Waals surface area contributed by atoms with Crippen molar-refractivity contribution in [1.82, 2.24) is 0 Å². The zero-order chi connectivity index (χ0) is 16.6. The topological polar surface area (TPSA) is 0 Å². The molecule has 0 nitrogen and oxygen atoms in total. The summed E-state index contributed by atoms with van der Waals surface area (Å²) in [5.74, 6) is 5.90. The van der Waals surface area contributed by atoms with E-state index >= 15 is 4.39 Å². The third-order valence-corrected chi connectivity index (χ3v) is 8.34. The van der Waals surface area contributed by atoms with E-state index < -0.39 is 6.17 Å². The highest BCUT2D eigenvalue weighted by Crippen LogP contribution is 2.48. The van der Waals surface area contributed by atoms with Gasteiger partial charge in [-0.25, -0.2) is 4.39 Å². The Balaban J connectivity index is 1.54. The van der Waals surface area contributed by atoms with Crippen molar-refractivity contribution in [1.29, 1.82) is 0 Å². The molecule has 3 aliphatic rings. The lowest BCUT2D eigenvalue weighted by molar-refractivity contribution is 0.0115. The molecular formula is C22H39F. The summed E-state index contributed by atoms with van der Waals surface area (Å²) in [4.78, 5) is 0. The number of alkyl halides is 1. The Bertz CT molecular complexity index is 358. The largest absolute Gasteiger partial charge is 0.247 e. The molecule has 0 N–H and O–H groups in total. The minimum atomic E-state index is -0.508. The summed E-state index contributed by atoms with van der Waals surface area (Å²) >= 11 is 0. The van der Waals surface area contributed by atoms with E-state index in [2.05, 4.69) is 27.7 Å². The Morgan fingerprint density at radius 1 is 0.609 bits per heavy atom.